The number of benzene rings is 1. The van der Waals surface area contributed by atoms with Gasteiger partial charge in [0.05, 0.1) is 23.0 Å². The fourth-order valence-electron chi connectivity index (χ4n) is 2.10. The number of hydrogen-bond donors (Lipinski definition) is 1. The molecule has 1 fully saturated rings. The van der Waals surface area contributed by atoms with Crippen LogP contribution in [0, 0.1) is 17.2 Å². The summed E-state index contributed by atoms with van der Waals surface area (Å²) in [5.74, 6) is 0.801. The molecule has 0 spiro atoms. The minimum atomic E-state index is 0.671. The van der Waals surface area contributed by atoms with Crippen LogP contribution < -0.4 is 10.6 Å². The maximum Gasteiger partial charge on any atom is 0.0992 e. The molecule has 16 heavy (non-hydrogen) atoms. The van der Waals surface area contributed by atoms with Gasteiger partial charge in [-0.3, -0.25) is 0 Å². The van der Waals surface area contributed by atoms with Crippen LogP contribution in [0.2, 0.25) is 0 Å². The molecule has 84 valence electrons. The van der Waals surface area contributed by atoms with Crippen molar-refractivity contribution in [3.05, 3.63) is 23.8 Å². The third-order valence-corrected chi connectivity index (χ3v) is 3.33. The Morgan fingerprint density at radius 3 is 2.81 bits per heavy atom. The quantitative estimate of drug-likeness (QED) is 0.787. The summed E-state index contributed by atoms with van der Waals surface area (Å²) in [6.07, 6.45) is 4.00. The average molecular weight is 215 g/mol. The monoisotopic (exact) mass is 215 g/mol. The molecular weight excluding hydrogens is 198 g/mol. The van der Waals surface area contributed by atoms with E-state index in [9.17, 15) is 0 Å². The maximum atomic E-state index is 8.86. The standard InChI is InChI=1S/C13H17N3/c1-16(9-10-3-2-4-10)13-7-11(8-14)5-6-12(13)15/h5-7,10H,2-4,9,15H2,1H3. The molecule has 3 heteroatoms. The van der Waals surface area contributed by atoms with Crippen molar-refractivity contribution in [2.75, 3.05) is 24.2 Å². The Labute approximate surface area is 96.5 Å². The lowest BCUT2D eigenvalue weighted by Crippen LogP contribution is -2.29. The van der Waals surface area contributed by atoms with E-state index in [-0.39, 0.29) is 0 Å². The van der Waals surface area contributed by atoms with Gasteiger partial charge in [-0.15, -0.1) is 0 Å². The number of nitrogens with two attached hydrogens (primary N) is 1. The number of nitriles is 1. The molecule has 0 bridgehead atoms. The maximum absolute atomic E-state index is 8.86. The molecule has 1 saturated carbocycles. The Hall–Kier alpha value is -1.69. The van der Waals surface area contributed by atoms with Gasteiger partial charge >= 0.3 is 0 Å². The van der Waals surface area contributed by atoms with Crippen molar-refractivity contribution < 1.29 is 0 Å². The van der Waals surface area contributed by atoms with Crippen LogP contribution in [0.4, 0.5) is 11.4 Å². The molecule has 0 radical (unpaired) electrons. The van der Waals surface area contributed by atoms with E-state index in [1.807, 2.05) is 19.2 Å². The first-order valence-electron chi connectivity index (χ1n) is 5.71. The molecule has 0 heterocycles. The zero-order valence-electron chi connectivity index (χ0n) is 9.61. The highest BCUT2D eigenvalue weighted by Gasteiger charge is 2.20. The lowest BCUT2D eigenvalue weighted by molar-refractivity contribution is 0.321. The Morgan fingerprint density at radius 2 is 2.25 bits per heavy atom. The number of hydrogen-bond acceptors (Lipinski definition) is 3. The van der Waals surface area contributed by atoms with Crippen LogP contribution >= 0.6 is 0 Å². The van der Waals surface area contributed by atoms with Crippen molar-refractivity contribution >= 4 is 11.4 Å². The van der Waals surface area contributed by atoms with Gasteiger partial charge in [0.1, 0.15) is 0 Å². The smallest absolute Gasteiger partial charge is 0.0992 e. The topological polar surface area (TPSA) is 53.0 Å². The minimum absolute atomic E-state index is 0.671. The molecule has 0 unspecified atom stereocenters. The number of rotatable bonds is 3. The predicted molar refractivity (Wildman–Crippen MR) is 66.2 cm³/mol. The Kier molecular flexibility index (Phi) is 3.00. The number of nitrogens with zero attached hydrogens (tertiary/aromatic N) is 2. The van der Waals surface area contributed by atoms with Crippen LogP contribution in [0.25, 0.3) is 0 Å². The van der Waals surface area contributed by atoms with Gasteiger partial charge < -0.3 is 10.6 Å². The molecular formula is C13H17N3. The second-order valence-corrected chi connectivity index (χ2v) is 4.56. The van der Waals surface area contributed by atoms with E-state index in [0.29, 0.717) is 5.56 Å². The van der Waals surface area contributed by atoms with Crippen molar-refractivity contribution in [3.8, 4) is 6.07 Å². The van der Waals surface area contributed by atoms with E-state index < -0.39 is 0 Å². The molecule has 2 rings (SSSR count). The summed E-state index contributed by atoms with van der Waals surface area (Å²) in [6, 6.07) is 7.59. The second-order valence-electron chi connectivity index (χ2n) is 4.56. The van der Waals surface area contributed by atoms with Gasteiger partial charge in [-0.2, -0.15) is 5.26 Å². The zero-order valence-corrected chi connectivity index (χ0v) is 9.61. The van der Waals surface area contributed by atoms with E-state index in [0.717, 1.165) is 23.8 Å². The third kappa shape index (κ3) is 2.11. The van der Waals surface area contributed by atoms with Crippen LogP contribution in [0.1, 0.15) is 24.8 Å². The fourth-order valence-corrected chi connectivity index (χ4v) is 2.10. The molecule has 0 amide bonds. The Bertz CT molecular complexity index is 416. The van der Waals surface area contributed by atoms with Gasteiger partial charge in [0.15, 0.2) is 0 Å². The lowest BCUT2D eigenvalue weighted by Gasteiger charge is -2.31. The van der Waals surface area contributed by atoms with Crippen LogP contribution in [-0.2, 0) is 0 Å². The molecule has 0 aromatic heterocycles. The van der Waals surface area contributed by atoms with Crippen molar-refractivity contribution in [2.45, 2.75) is 19.3 Å². The molecule has 1 aliphatic rings. The molecule has 0 saturated heterocycles. The Balaban J connectivity index is 2.14. The highest BCUT2D eigenvalue weighted by molar-refractivity contribution is 5.69. The van der Waals surface area contributed by atoms with E-state index in [2.05, 4.69) is 11.0 Å². The van der Waals surface area contributed by atoms with Crippen LogP contribution in [0.5, 0.6) is 0 Å². The lowest BCUT2D eigenvalue weighted by atomic mass is 9.85. The van der Waals surface area contributed by atoms with Gasteiger partial charge in [-0.1, -0.05) is 6.42 Å². The summed E-state index contributed by atoms with van der Waals surface area (Å²) in [4.78, 5) is 2.17. The summed E-state index contributed by atoms with van der Waals surface area (Å²) < 4.78 is 0. The highest BCUT2D eigenvalue weighted by Crippen LogP contribution is 2.30. The highest BCUT2D eigenvalue weighted by atomic mass is 15.1. The van der Waals surface area contributed by atoms with Crippen LogP contribution in [-0.4, -0.2) is 13.6 Å². The summed E-state index contributed by atoms with van der Waals surface area (Å²) in [6.45, 7) is 1.04. The average Bonchev–Trinajstić information content (AvgIpc) is 2.24. The van der Waals surface area contributed by atoms with Crippen molar-refractivity contribution in [2.24, 2.45) is 5.92 Å². The molecule has 2 N–H and O–H groups in total. The molecule has 1 aromatic rings. The summed E-state index contributed by atoms with van der Waals surface area (Å²) in [5, 5.41) is 8.86. The molecule has 0 aliphatic heterocycles. The molecule has 0 atom stereocenters. The van der Waals surface area contributed by atoms with Crippen LogP contribution in [0.15, 0.2) is 18.2 Å². The summed E-state index contributed by atoms with van der Waals surface area (Å²) in [7, 11) is 2.05. The van der Waals surface area contributed by atoms with E-state index >= 15 is 0 Å². The zero-order chi connectivity index (χ0) is 11.5. The third-order valence-electron chi connectivity index (χ3n) is 3.33. The van der Waals surface area contributed by atoms with E-state index in [4.69, 9.17) is 11.0 Å². The van der Waals surface area contributed by atoms with Crippen molar-refractivity contribution in [1.29, 1.82) is 5.26 Å². The minimum Gasteiger partial charge on any atom is -0.397 e. The first-order chi connectivity index (χ1) is 7.70. The fraction of sp³-hybridized carbons (Fsp3) is 0.462. The first kappa shape index (κ1) is 10.8. The van der Waals surface area contributed by atoms with Gasteiger partial charge in [-0.05, 0) is 37.0 Å². The van der Waals surface area contributed by atoms with Crippen molar-refractivity contribution in [3.63, 3.8) is 0 Å². The molecule has 1 aromatic carbocycles. The summed E-state index contributed by atoms with van der Waals surface area (Å²) in [5.41, 5.74) is 8.33. The normalized spacial score (nSPS) is 15.2. The van der Waals surface area contributed by atoms with E-state index in [1.54, 1.807) is 6.07 Å². The predicted octanol–water partition coefficient (Wildman–Crippen LogP) is 2.38. The van der Waals surface area contributed by atoms with Gasteiger partial charge in [0.25, 0.3) is 0 Å². The van der Waals surface area contributed by atoms with Gasteiger partial charge in [-0.25, -0.2) is 0 Å². The number of anilines is 2. The van der Waals surface area contributed by atoms with Crippen LogP contribution in [0.3, 0.4) is 0 Å². The van der Waals surface area contributed by atoms with Gasteiger partial charge in [0.2, 0.25) is 0 Å². The Morgan fingerprint density at radius 1 is 1.50 bits per heavy atom. The first-order valence-corrected chi connectivity index (χ1v) is 5.71. The summed E-state index contributed by atoms with van der Waals surface area (Å²) >= 11 is 0. The molecule has 1 aliphatic carbocycles. The largest absolute Gasteiger partial charge is 0.397 e. The SMILES string of the molecule is CN(CC1CCC1)c1cc(C#N)ccc1N. The van der Waals surface area contributed by atoms with Crippen molar-refractivity contribution in [1.82, 2.24) is 0 Å². The van der Waals surface area contributed by atoms with E-state index in [1.165, 1.54) is 19.3 Å². The second kappa shape index (κ2) is 4.44. The number of nitrogen functional groups attached to an aromatic ring is 1. The van der Waals surface area contributed by atoms with Gasteiger partial charge in [0, 0.05) is 13.6 Å². The molecule has 3 nitrogen and oxygen atoms in total.